The van der Waals surface area contributed by atoms with E-state index in [-0.39, 0.29) is 32.0 Å². The van der Waals surface area contributed by atoms with Crippen LogP contribution in [0.3, 0.4) is 0 Å². The highest BCUT2D eigenvalue weighted by Gasteiger charge is 2.48. The van der Waals surface area contributed by atoms with E-state index in [1.165, 1.54) is 20.3 Å². The zero-order valence-corrected chi connectivity index (χ0v) is 32.4. The smallest absolute Gasteiger partial charge is 0.308 e. The summed E-state index contributed by atoms with van der Waals surface area (Å²) in [5.74, 6) is -2.98. The number of hydrogen-bond donors (Lipinski definition) is 5. The second kappa shape index (κ2) is 21.1. The number of nitrogens with zero attached hydrogens (tertiary/aromatic N) is 1. The molecule has 0 aromatic carbocycles. The zero-order valence-electron chi connectivity index (χ0n) is 32.4. The third-order valence-corrected chi connectivity index (χ3v) is 10.3. The minimum Gasteiger partial charge on any atom is -0.465 e. The van der Waals surface area contributed by atoms with Crippen molar-refractivity contribution in [2.75, 3.05) is 41.5 Å². The number of hydrogen-bond acceptors (Lipinski definition) is 15. The largest absolute Gasteiger partial charge is 0.465 e. The van der Waals surface area contributed by atoms with Crippen molar-refractivity contribution >= 4 is 18.2 Å². The summed E-state index contributed by atoms with van der Waals surface area (Å²) in [6.07, 6.45) is -5.14. The molecular formula is C37H62N2O14. The van der Waals surface area contributed by atoms with E-state index in [1.54, 1.807) is 65.8 Å². The number of aldehydes is 1. The molecule has 0 bridgehead atoms. The first kappa shape index (κ1) is 45.0. The summed E-state index contributed by atoms with van der Waals surface area (Å²) >= 11 is 0. The van der Waals surface area contributed by atoms with E-state index < -0.39 is 110 Å². The van der Waals surface area contributed by atoms with E-state index in [0.717, 1.165) is 6.29 Å². The Labute approximate surface area is 312 Å². The van der Waals surface area contributed by atoms with Gasteiger partial charge in [-0.05, 0) is 54.1 Å². The van der Waals surface area contributed by atoms with Gasteiger partial charge in [0.05, 0.1) is 56.2 Å². The van der Waals surface area contributed by atoms with Crippen LogP contribution in [0.1, 0.15) is 53.9 Å². The van der Waals surface area contributed by atoms with Crippen LogP contribution in [0, 0.1) is 17.8 Å². The number of cyclic esters (lactones) is 1. The molecule has 16 atom stereocenters. The molecule has 16 unspecified atom stereocenters. The Balaban J connectivity index is 1.88. The summed E-state index contributed by atoms with van der Waals surface area (Å²) in [5.41, 5.74) is 0.676. The van der Waals surface area contributed by atoms with Gasteiger partial charge in [0, 0.05) is 44.6 Å². The number of nitrogens with one attached hydrogen (secondary N) is 1. The number of allylic oxidation sites excluding steroid dienone is 2. The fraction of sp³-hybridized carbons (Fsp3) is 0.811. The quantitative estimate of drug-likeness (QED) is 0.148. The van der Waals surface area contributed by atoms with E-state index in [0.29, 0.717) is 5.57 Å². The van der Waals surface area contributed by atoms with Crippen molar-refractivity contribution in [2.45, 2.75) is 133 Å². The predicted molar refractivity (Wildman–Crippen MR) is 190 cm³/mol. The monoisotopic (exact) mass is 758 g/mol. The highest BCUT2D eigenvalue weighted by Crippen LogP contribution is 2.33. The van der Waals surface area contributed by atoms with Gasteiger partial charge in [-0.1, -0.05) is 24.6 Å². The fourth-order valence-electron chi connectivity index (χ4n) is 7.32. The number of carbonyl (C=O) groups is 3. The maximum Gasteiger partial charge on any atom is 0.308 e. The van der Waals surface area contributed by atoms with E-state index in [4.69, 9.17) is 33.2 Å². The lowest BCUT2D eigenvalue weighted by Crippen LogP contribution is -2.63. The lowest BCUT2D eigenvalue weighted by Gasteiger charge is -2.46. The number of carbonyl (C=O) groups excluding carboxylic acids is 3. The first-order valence-corrected chi connectivity index (χ1v) is 18.3. The Bertz CT molecular complexity index is 1230. The molecule has 304 valence electrons. The second-order valence-corrected chi connectivity index (χ2v) is 14.8. The third-order valence-electron chi connectivity index (χ3n) is 10.3. The molecule has 0 radical (unpaired) electrons. The molecule has 0 aromatic rings. The average Bonchev–Trinajstić information content (AvgIpc) is 3.09. The number of aliphatic hydroxyl groups excluding tert-OH is 4. The van der Waals surface area contributed by atoms with Crippen LogP contribution in [-0.2, 0) is 47.5 Å². The predicted octanol–water partition coefficient (Wildman–Crippen LogP) is 0.0833. The van der Waals surface area contributed by atoms with Crippen LogP contribution >= 0.6 is 0 Å². The van der Waals surface area contributed by atoms with Crippen LogP contribution in [0.25, 0.3) is 0 Å². The highest BCUT2D eigenvalue weighted by molar-refractivity contribution is 5.88. The summed E-state index contributed by atoms with van der Waals surface area (Å²) in [4.78, 5) is 39.9. The summed E-state index contributed by atoms with van der Waals surface area (Å²) in [6.45, 7) is 8.42. The van der Waals surface area contributed by atoms with Crippen molar-refractivity contribution in [3.05, 3.63) is 23.8 Å². The Morgan fingerprint density at radius 3 is 2.17 bits per heavy atom. The number of rotatable bonds is 10. The molecule has 2 fully saturated rings. The van der Waals surface area contributed by atoms with Crippen molar-refractivity contribution in [1.82, 2.24) is 10.2 Å². The first-order chi connectivity index (χ1) is 25.0. The van der Waals surface area contributed by atoms with Crippen LogP contribution in [0.5, 0.6) is 0 Å². The molecule has 5 N–H and O–H groups in total. The van der Waals surface area contributed by atoms with Gasteiger partial charge in [0.2, 0.25) is 5.91 Å². The van der Waals surface area contributed by atoms with Crippen molar-refractivity contribution in [1.29, 1.82) is 0 Å². The molecule has 3 heterocycles. The Morgan fingerprint density at radius 2 is 1.55 bits per heavy atom. The van der Waals surface area contributed by atoms with Gasteiger partial charge in [-0.3, -0.25) is 9.59 Å². The summed E-state index contributed by atoms with van der Waals surface area (Å²) in [5, 5.41) is 46.9. The summed E-state index contributed by atoms with van der Waals surface area (Å²) < 4.78 is 40.9. The lowest BCUT2D eigenvalue weighted by molar-refractivity contribution is -0.304. The highest BCUT2D eigenvalue weighted by atomic mass is 16.7. The number of aliphatic hydroxyl groups is 4. The molecule has 0 aliphatic carbocycles. The zero-order chi connectivity index (χ0) is 39.6. The van der Waals surface area contributed by atoms with Crippen LogP contribution in [0.2, 0.25) is 0 Å². The van der Waals surface area contributed by atoms with E-state index in [9.17, 15) is 34.8 Å². The lowest BCUT2D eigenvalue weighted by atomic mass is 9.82. The SMILES string of the molecule is COC1C(OCC2/C=C(C)/C=C/C(=O)NC(C)CC(CC=O)C(OC3OC(C)C(O)C(N(C)C)C3O)C(C)C(O)CC(=O)OC2)OC(C)C(O)C1OC. The fourth-order valence-corrected chi connectivity index (χ4v) is 7.32. The van der Waals surface area contributed by atoms with Crippen LogP contribution in [0.15, 0.2) is 23.8 Å². The van der Waals surface area contributed by atoms with E-state index >= 15 is 0 Å². The van der Waals surface area contributed by atoms with Gasteiger partial charge in [0.1, 0.15) is 30.7 Å². The number of methoxy groups -OCH3 is 2. The number of likely N-dealkylation sites (N-methyl/N-ethyl adjacent to an activating group) is 1. The minimum atomic E-state index is -1.30. The Morgan fingerprint density at radius 1 is 0.906 bits per heavy atom. The van der Waals surface area contributed by atoms with Gasteiger partial charge in [-0.2, -0.15) is 0 Å². The molecule has 2 saturated heterocycles. The second-order valence-electron chi connectivity index (χ2n) is 14.8. The summed E-state index contributed by atoms with van der Waals surface area (Å²) in [7, 11) is 6.33. The molecule has 3 aliphatic rings. The van der Waals surface area contributed by atoms with Crippen molar-refractivity contribution < 1.29 is 68.0 Å². The average molecular weight is 759 g/mol. The minimum absolute atomic E-state index is 0.00150. The summed E-state index contributed by atoms with van der Waals surface area (Å²) in [6, 6.07) is -1.19. The number of esters is 1. The van der Waals surface area contributed by atoms with Crippen molar-refractivity contribution in [3.63, 3.8) is 0 Å². The molecule has 16 heteroatoms. The molecule has 53 heavy (non-hydrogen) atoms. The van der Waals surface area contributed by atoms with Crippen LogP contribution in [0.4, 0.5) is 0 Å². The van der Waals surface area contributed by atoms with Crippen molar-refractivity contribution in [2.24, 2.45) is 17.8 Å². The molecule has 3 rings (SSSR count). The van der Waals surface area contributed by atoms with Gasteiger partial charge in [0.25, 0.3) is 0 Å². The van der Waals surface area contributed by atoms with Gasteiger partial charge in [-0.25, -0.2) is 0 Å². The molecule has 0 saturated carbocycles. The van der Waals surface area contributed by atoms with Gasteiger partial charge < -0.3 is 68.6 Å². The topological polar surface area (TPSA) is 212 Å². The first-order valence-electron chi connectivity index (χ1n) is 18.3. The van der Waals surface area contributed by atoms with E-state index in [1.807, 2.05) is 0 Å². The molecule has 0 aromatic heterocycles. The standard InChI is InChI=1S/C37H62N2O14/c1-19-10-11-27(42)38-20(2)15-25(12-13-40)33(53-36-32(46)29(39(6)7)30(44)22(4)51-36)21(3)26(41)16-28(43)49-17-24(14-19)18-50-37-35(48-9)34(47-8)31(45)23(5)52-37/h10-11,13-14,20-26,29-37,41,44-46H,12,15-18H2,1-9H3,(H,38,42)/b11-10+,19-14+. The third kappa shape index (κ3) is 12.3. The number of ether oxygens (including phenoxy) is 7. The molecule has 3 aliphatic heterocycles. The molecule has 1 amide bonds. The maximum atomic E-state index is 13.2. The van der Waals surface area contributed by atoms with Gasteiger partial charge >= 0.3 is 5.97 Å². The molecular weight excluding hydrogens is 696 g/mol. The van der Waals surface area contributed by atoms with Gasteiger partial charge in [0.15, 0.2) is 12.6 Å². The molecule has 0 spiro atoms. The Kier molecular flexibility index (Phi) is 17.9. The Hall–Kier alpha value is -2.35. The van der Waals surface area contributed by atoms with Crippen molar-refractivity contribution in [3.8, 4) is 0 Å². The maximum absolute atomic E-state index is 13.2. The van der Waals surface area contributed by atoms with Gasteiger partial charge in [-0.15, -0.1) is 0 Å². The van der Waals surface area contributed by atoms with Crippen LogP contribution in [-0.4, -0.2) is 165 Å². The molecule has 16 nitrogen and oxygen atoms in total. The normalized spacial score (nSPS) is 42.9. The van der Waals surface area contributed by atoms with Crippen LogP contribution < -0.4 is 5.32 Å². The van der Waals surface area contributed by atoms with E-state index in [2.05, 4.69) is 5.32 Å². The number of amides is 1.